The maximum absolute atomic E-state index is 12.5. The van der Waals surface area contributed by atoms with Gasteiger partial charge in [0.2, 0.25) is 0 Å². The van der Waals surface area contributed by atoms with Gasteiger partial charge in [0.05, 0.1) is 12.1 Å². The summed E-state index contributed by atoms with van der Waals surface area (Å²) in [7, 11) is -1.25. The Morgan fingerprint density at radius 2 is 1.65 bits per heavy atom. The molecule has 23 heavy (non-hydrogen) atoms. The molecule has 0 fully saturated rings. The first-order chi connectivity index (χ1) is 10.7. The molecule has 0 saturated carbocycles. The van der Waals surface area contributed by atoms with Crippen molar-refractivity contribution in [1.29, 1.82) is 0 Å². The van der Waals surface area contributed by atoms with Gasteiger partial charge in [-0.2, -0.15) is 0 Å². The highest BCUT2D eigenvalue weighted by Crippen LogP contribution is 2.30. The van der Waals surface area contributed by atoms with Crippen LogP contribution in [0, 0.1) is 0 Å². The number of amides is 1. The van der Waals surface area contributed by atoms with Crippen LogP contribution >= 0.6 is 0 Å². The van der Waals surface area contributed by atoms with Gasteiger partial charge in [-0.25, -0.2) is 17.5 Å². The highest BCUT2D eigenvalue weighted by atomic mass is 32.2. The number of carbonyl (C=O) groups is 1. The molecule has 1 aliphatic heterocycles. The van der Waals surface area contributed by atoms with E-state index in [1.165, 1.54) is 32.3 Å². The minimum atomic E-state index is -3.99. The minimum absolute atomic E-state index is 0.0705. The third kappa shape index (κ3) is 2.12. The molecule has 3 rings (SSSR count). The van der Waals surface area contributed by atoms with E-state index in [1.54, 1.807) is 6.07 Å². The fourth-order valence-corrected chi connectivity index (χ4v) is 4.00. The van der Waals surface area contributed by atoms with Crippen LogP contribution in [-0.2, 0) is 30.7 Å². The van der Waals surface area contributed by atoms with E-state index in [1.807, 2.05) is 0 Å². The molecule has 0 bridgehead atoms. The fraction of sp³-hybridized carbons (Fsp3) is 0.214. The quantitative estimate of drug-likeness (QED) is 0.732. The number of rotatable bonds is 2. The standard InChI is InChI=1S/C14H13N3O5S/c1-15-9(7-12(18)16(2)14(15)20)8-17-13(19)10-5-3-4-6-11(10)23(17,21)22/h3-7H,8H2,1-2H3. The van der Waals surface area contributed by atoms with Crippen LogP contribution in [0.15, 0.2) is 44.8 Å². The Hall–Kier alpha value is -2.68. The first-order valence-electron chi connectivity index (χ1n) is 6.67. The highest BCUT2D eigenvalue weighted by Gasteiger charge is 2.41. The molecule has 0 aliphatic carbocycles. The number of carbonyl (C=O) groups excluding carboxylic acids is 1. The van der Waals surface area contributed by atoms with Crippen LogP contribution in [0.1, 0.15) is 16.1 Å². The van der Waals surface area contributed by atoms with Gasteiger partial charge in [0.15, 0.2) is 0 Å². The molecule has 0 unspecified atom stereocenters. The van der Waals surface area contributed by atoms with Crippen LogP contribution in [0.4, 0.5) is 0 Å². The van der Waals surface area contributed by atoms with Gasteiger partial charge in [-0.1, -0.05) is 12.1 Å². The summed E-state index contributed by atoms with van der Waals surface area (Å²) in [6, 6.07) is 7.03. The van der Waals surface area contributed by atoms with Crippen molar-refractivity contribution in [3.8, 4) is 0 Å². The van der Waals surface area contributed by atoms with Crippen LogP contribution in [0.25, 0.3) is 0 Å². The van der Waals surface area contributed by atoms with E-state index in [-0.39, 0.29) is 22.7 Å². The molecule has 2 heterocycles. The number of hydrogen-bond donors (Lipinski definition) is 0. The maximum Gasteiger partial charge on any atom is 0.330 e. The van der Waals surface area contributed by atoms with Crippen LogP contribution in [0.3, 0.4) is 0 Å². The van der Waals surface area contributed by atoms with E-state index >= 15 is 0 Å². The van der Waals surface area contributed by atoms with Crippen LogP contribution in [0.2, 0.25) is 0 Å². The maximum atomic E-state index is 12.5. The summed E-state index contributed by atoms with van der Waals surface area (Å²) in [5, 5.41) is 0. The van der Waals surface area contributed by atoms with Gasteiger partial charge in [0.25, 0.3) is 21.5 Å². The molecular weight excluding hydrogens is 322 g/mol. The van der Waals surface area contributed by atoms with E-state index in [4.69, 9.17) is 0 Å². The molecule has 0 atom stereocenters. The monoisotopic (exact) mass is 335 g/mol. The molecule has 0 saturated heterocycles. The third-order valence-electron chi connectivity index (χ3n) is 3.84. The predicted molar refractivity (Wildman–Crippen MR) is 80.4 cm³/mol. The van der Waals surface area contributed by atoms with Gasteiger partial charge in [0.1, 0.15) is 4.90 Å². The first-order valence-corrected chi connectivity index (χ1v) is 8.11. The fourth-order valence-electron chi connectivity index (χ4n) is 2.46. The zero-order chi connectivity index (χ0) is 16.9. The lowest BCUT2D eigenvalue weighted by molar-refractivity contribution is 0.0863. The molecule has 1 aliphatic rings. The molecule has 0 N–H and O–H groups in total. The molecule has 2 aromatic rings. The highest BCUT2D eigenvalue weighted by molar-refractivity contribution is 7.90. The summed E-state index contributed by atoms with van der Waals surface area (Å²) in [4.78, 5) is 35.9. The lowest BCUT2D eigenvalue weighted by atomic mass is 10.2. The summed E-state index contributed by atoms with van der Waals surface area (Å²) in [5.41, 5.74) is -0.928. The summed E-state index contributed by atoms with van der Waals surface area (Å²) in [5.74, 6) is -0.672. The summed E-state index contributed by atoms with van der Waals surface area (Å²) >= 11 is 0. The molecule has 0 radical (unpaired) electrons. The van der Waals surface area contributed by atoms with E-state index in [2.05, 4.69) is 0 Å². The smallest absolute Gasteiger partial charge is 0.299 e. The van der Waals surface area contributed by atoms with Crippen molar-refractivity contribution >= 4 is 15.9 Å². The molecule has 8 nitrogen and oxygen atoms in total. The lowest BCUT2D eigenvalue weighted by Gasteiger charge is -2.17. The number of benzene rings is 1. The van der Waals surface area contributed by atoms with Gasteiger partial charge in [0, 0.05) is 25.9 Å². The van der Waals surface area contributed by atoms with Gasteiger partial charge in [-0.3, -0.25) is 18.7 Å². The molecule has 9 heteroatoms. The van der Waals surface area contributed by atoms with Crippen molar-refractivity contribution in [2.45, 2.75) is 11.4 Å². The zero-order valence-corrected chi connectivity index (χ0v) is 13.2. The normalized spacial score (nSPS) is 15.7. The van der Waals surface area contributed by atoms with Crippen molar-refractivity contribution in [1.82, 2.24) is 13.4 Å². The number of nitrogens with zero attached hydrogens (tertiary/aromatic N) is 3. The Morgan fingerprint density at radius 1 is 1.00 bits per heavy atom. The largest absolute Gasteiger partial charge is 0.330 e. The van der Waals surface area contributed by atoms with Gasteiger partial charge >= 0.3 is 5.69 Å². The van der Waals surface area contributed by atoms with Gasteiger partial charge < -0.3 is 0 Å². The van der Waals surface area contributed by atoms with Crippen molar-refractivity contribution in [2.75, 3.05) is 0 Å². The van der Waals surface area contributed by atoms with Crippen molar-refractivity contribution < 1.29 is 13.2 Å². The second kappa shape index (κ2) is 4.92. The number of aromatic nitrogens is 2. The lowest BCUT2D eigenvalue weighted by Crippen LogP contribution is -2.40. The average Bonchev–Trinajstić information content (AvgIpc) is 2.72. The van der Waals surface area contributed by atoms with Crippen LogP contribution < -0.4 is 11.2 Å². The summed E-state index contributed by atoms with van der Waals surface area (Å²) in [6.45, 7) is -0.377. The third-order valence-corrected chi connectivity index (χ3v) is 5.63. The second-order valence-corrected chi connectivity index (χ2v) is 7.02. The Morgan fingerprint density at radius 3 is 2.30 bits per heavy atom. The van der Waals surface area contributed by atoms with E-state index < -0.39 is 27.2 Å². The molecule has 1 amide bonds. The molecule has 0 spiro atoms. The topological polar surface area (TPSA) is 98.4 Å². The second-order valence-electron chi connectivity index (χ2n) is 5.19. The predicted octanol–water partition coefficient (Wildman–Crippen LogP) is -0.571. The molecule has 1 aromatic heterocycles. The number of hydrogen-bond acceptors (Lipinski definition) is 5. The minimum Gasteiger partial charge on any atom is -0.299 e. The summed E-state index contributed by atoms with van der Waals surface area (Å²) in [6.07, 6.45) is 0. The molecular formula is C14H13N3O5S. The van der Waals surface area contributed by atoms with Gasteiger partial charge in [-0.15, -0.1) is 0 Å². The SMILES string of the molecule is Cn1c(CN2C(=O)c3ccccc3S2(=O)=O)cc(=O)n(C)c1=O. The molecule has 120 valence electrons. The average molecular weight is 335 g/mol. The zero-order valence-electron chi connectivity index (χ0n) is 12.4. The van der Waals surface area contributed by atoms with E-state index in [0.29, 0.717) is 4.31 Å². The van der Waals surface area contributed by atoms with Crippen molar-refractivity contribution in [3.05, 3.63) is 62.4 Å². The Kier molecular flexibility index (Phi) is 3.25. The van der Waals surface area contributed by atoms with Crippen LogP contribution in [-0.4, -0.2) is 27.8 Å². The first kappa shape index (κ1) is 15.2. The Bertz CT molecular complexity index is 1050. The number of fused-ring (bicyclic) bond motifs is 1. The Balaban J connectivity index is 2.12. The van der Waals surface area contributed by atoms with Crippen LogP contribution in [0.5, 0.6) is 0 Å². The van der Waals surface area contributed by atoms with Crippen molar-refractivity contribution in [2.24, 2.45) is 14.1 Å². The number of sulfonamides is 1. The summed E-state index contributed by atoms with van der Waals surface area (Å²) < 4.78 is 27.7. The van der Waals surface area contributed by atoms with E-state index in [0.717, 1.165) is 15.2 Å². The van der Waals surface area contributed by atoms with Crippen molar-refractivity contribution in [3.63, 3.8) is 0 Å². The van der Waals surface area contributed by atoms with E-state index in [9.17, 15) is 22.8 Å². The van der Waals surface area contributed by atoms with Gasteiger partial charge in [-0.05, 0) is 12.1 Å². The molecule has 1 aromatic carbocycles. The Labute approximate surface area is 131 Å².